The first-order chi connectivity index (χ1) is 10.6. The lowest BCUT2D eigenvalue weighted by atomic mass is 10.1. The third-order valence-corrected chi connectivity index (χ3v) is 3.78. The van der Waals surface area contributed by atoms with Crippen molar-refractivity contribution in [1.82, 2.24) is 0 Å². The molecule has 0 atom stereocenters. The molecule has 4 heteroatoms. The van der Waals surface area contributed by atoms with Crippen LogP contribution >= 0.6 is 0 Å². The van der Waals surface area contributed by atoms with E-state index < -0.39 is 0 Å². The maximum absolute atomic E-state index is 12.4. The number of fused-ring (bicyclic) bond motifs is 1. The predicted molar refractivity (Wildman–Crippen MR) is 83.7 cm³/mol. The summed E-state index contributed by atoms with van der Waals surface area (Å²) < 4.78 is 10.3. The van der Waals surface area contributed by atoms with Gasteiger partial charge in [0.25, 0.3) is 0 Å². The molecule has 2 aromatic rings. The third kappa shape index (κ3) is 2.33. The Balaban J connectivity index is 2.02. The average molecular weight is 296 g/mol. The number of ether oxygens (including phenoxy) is 2. The van der Waals surface area contributed by atoms with Gasteiger partial charge in [0.1, 0.15) is 0 Å². The van der Waals surface area contributed by atoms with Crippen LogP contribution in [0.3, 0.4) is 0 Å². The van der Waals surface area contributed by atoms with Crippen LogP contribution in [0.4, 0.5) is 0 Å². The predicted octanol–water partition coefficient (Wildman–Crippen LogP) is 3.23. The topological polar surface area (TPSA) is 55.8 Å². The van der Waals surface area contributed by atoms with Crippen molar-refractivity contribution in [2.75, 3.05) is 14.2 Å². The molecule has 2 aromatic carbocycles. The molecule has 0 aromatic heterocycles. The van der Waals surface area contributed by atoms with E-state index in [0.29, 0.717) is 17.9 Å². The van der Waals surface area contributed by atoms with Gasteiger partial charge in [-0.1, -0.05) is 24.3 Å². The minimum Gasteiger partial charge on any atom is -0.502 e. The Kier molecular flexibility index (Phi) is 3.59. The molecule has 0 amide bonds. The monoisotopic (exact) mass is 296 g/mol. The zero-order chi connectivity index (χ0) is 15.7. The molecule has 22 heavy (non-hydrogen) atoms. The summed E-state index contributed by atoms with van der Waals surface area (Å²) in [5, 5.41) is 9.93. The number of rotatable bonds is 3. The van der Waals surface area contributed by atoms with E-state index in [9.17, 15) is 9.90 Å². The lowest BCUT2D eigenvalue weighted by Gasteiger charge is -2.09. The SMILES string of the molecule is COc1cc(/C=C2/Cc3ccccc3C2=O)cc(OC)c1O. The number of allylic oxidation sites excluding steroid dienone is 1. The van der Waals surface area contributed by atoms with Crippen LogP contribution in [-0.4, -0.2) is 25.1 Å². The lowest BCUT2D eigenvalue weighted by molar-refractivity contribution is 0.104. The zero-order valence-electron chi connectivity index (χ0n) is 12.4. The van der Waals surface area contributed by atoms with Crippen molar-refractivity contribution in [3.63, 3.8) is 0 Å². The summed E-state index contributed by atoms with van der Waals surface area (Å²) in [4.78, 5) is 12.4. The summed E-state index contributed by atoms with van der Waals surface area (Å²) in [7, 11) is 2.95. The van der Waals surface area contributed by atoms with Crippen LogP contribution in [0.2, 0.25) is 0 Å². The number of ketones is 1. The van der Waals surface area contributed by atoms with Crippen LogP contribution in [0.5, 0.6) is 17.2 Å². The van der Waals surface area contributed by atoms with Crippen molar-refractivity contribution in [3.8, 4) is 17.2 Å². The molecule has 3 rings (SSSR count). The zero-order valence-corrected chi connectivity index (χ0v) is 12.4. The quantitative estimate of drug-likeness (QED) is 0.884. The summed E-state index contributed by atoms with van der Waals surface area (Å²) in [6.07, 6.45) is 2.42. The van der Waals surface area contributed by atoms with E-state index in [4.69, 9.17) is 9.47 Å². The maximum atomic E-state index is 12.4. The van der Waals surface area contributed by atoms with Gasteiger partial charge in [-0.25, -0.2) is 0 Å². The Bertz CT molecular complexity index is 749. The van der Waals surface area contributed by atoms with E-state index in [0.717, 1.165) is 22.3 Å². The molecule has 0 spiro atoms. The molecule has 0 saturated carbocycles. The molecular weight excluding hydrogens is 280 g/mol. The molecule has 1 aliphatic carbocycles. The number of phenolic OH excluding ortho intramolecular Hbond substituents is 1. The Hall–Kier alpha value is -2.75. The van der Waals surface area contributed by atoms with E-state index in [-0.39, 0.29) is 11.5 Å². The lowest BCUT2D eigenvalue weighted by Crippen LogP contribution is -1.96. The first-order valence-electron chi connectivity index (χ1n) is 6.92. The van der Waals surface area contributed by atoms with Gasteiger partial charge in [-0.15, -0.1) is 0 Å². The highest BCUT2D eigenvalue weighted by Crippen LogP contribution is 2.38. The Morgan fingerprint density at radius 2 is 1.73 bits per heavy atom. The number of methoxy groups -OCH3 is 2. The molecule has 0 fully saturated rings. The van der Waals surface area contributed by atoms with Crippen LogP contribution in [0, 0.1) is 0 Å². The summed E-state index contributed by atoms with van der Waals surface area (Å²) in [6.45, 7) is 0. The third-order valence-electron chi connectivity index (χ3n) is 3.78. The molecule has 0 heterocycles. The van der Waals surface area contributed by atoms with Crippen molar-refractivity contribution in [2.24, 2.45) is 0 Å². The van der Waals surface area contributed by atoms with Gasteiger partial charge < -0.3 is 14.6 Å². The van der Waals surface area contributed by atoms with Crippen molar-refractivity contribution in [2.45, 2.75) is 6.42 Å². The van der Waals surface area contributed by atoms with E-state index >= 15 is 0 Å². The second-order valence-electron chi connectivity index (χ2n) is 5.11. The van der Waals surface area contributed by atoms with Crippen LogP contribution in [0.25, 0.3) is 6.08 Å². The smallest absolute Gasteiger partial charge is 0.200 e. The maximum Gasteiger partial charge on any atom is 0.200 e. The van der Waals surface area contributed by atoms with Gasteiger partial charge in [-0.05, 0) is 29.3 Å². The Morgan fingerprint density at radius 1 is 1.09 bits per heavy atom. The molecule has 0 bridgehead atoms. The van der Waals surface area contributed by atoms with Crippen LogP contribution in [-0.2, 0) is 6.42 Å². The summed E-state index contributed by atoms with van der Waals surface area (Å²) in [5.74, 6) is 0.623. The van der Waals surface area contributed by atoms with Crippen LogP contribution in [0.1, 0.15) is 21.5 Å². The summed E-state index contributed by atoms with van der Waals surface area (Å²) in [6, 6.07) is 11.0. The van der Waals surface area contributed by atoms with Crippen LogP contribution in [0.15, 0.2) is 42.0 Å². The van der Waals surface area contributed by atoms with Gasteiger partial charge >= 0.3 is 0 Å². The molecule has 0 unspecified atom stereocenters. The largest absolute Gasteiger partial charge is 0.502 e. The highest BCUT2D eigenvalue weighted by Gasteiger charge is 2.24. The van der Waals surface area contributed by atoms with Crippen molar-refractivity contribution in [3.05, 3.63) is 58.7 Å². The van der Waals surface area contributed by atoms with Crippen LogP contribution < -0.4 is 9.47 Å². The number of aromatic hydroxyl groups is 1. The van der Waals surface area contributed by atoms with Gasteiger partial charge in [0.05, 0.1) is 14.2 Å². The van der Waals surface area contributed by atoms with E-state index in [1.807, 2.05) is 30.3 Å². The number of phenols is 1. The first-order valence-corrected chi connectivity index (χ1v) is 6.92. The van der Waals surface area contributed by atoms with E-state index in [1.54, 1.807) is 12.1 Å². The number of hydrogen-bond acceptors (Lipinski definition) is 4. The molecule has 1 aliphatic rings. The number of carbonyl (C=O) groups is 1. The molecule has 0 radical (unpaired) electrons. The number of Topliss-reactive ketones (excluding diaryl/α,β-unsaturated/α-hetero) is 1. The van der Waals surface area contributed by atoms with Crippen molar-refractivity contribution >= 4 is 11.9 Å². The Morgan fingerprint density at radius 3 is 2.32 bits per heavy atom. The highest BCUT2D eigenvalue weighted by atomic mass is 16.5. The first kappa shape index (κ1) is 14.2. The molecular formula is C18H16O4. The van der Waals surface area contributed by atoms with Gasteiger partial charge in [0.2, 0.25) is 5.75 Å². The van der Waals surface area contributed by atoms with Gasteiger partial charge in [-0.2, -0.15) is 0 Å². The highest BCUT2D eigenvalue weighted by molar-refractivity contribution is 6.15. The van der Waals surface area contributed by atoms with Crippen molar-refractivity contribution < 1.29 is 19.4 Å². The second-order valence-corrected chi connectivity index (χ2v) is 5.11. The summed E-state index contributed by atoms with van der Waals surface area (Å²) in [5.41, 5.74) is 3.27. The average Bonchev–Trinajstić information content (AvgIpc) is 2.85. The second kappa shape index (κ2) is 5.56. The standard InChI is InChI=1S/C18H16O4/c1-21-15-8-11(9-16(22-2)18(15)20)7-13-10-12-5-3-4-6-14(12)17(13)19/h3-9,20H,10H2,1-2H3/b13-7-. The fourth-order valence-corrected chi connectivity index (χ4v) is 2.67. The normalized spacial score (nSPS) is 15.0. The van der Waals surface area contributed by atoms with E-state index in [2.05, 4.69) is 0 Å². The van der Waals surface area contributed by atoms with Gasteiger partial charge in [-0.3, -0.25) is 4.79 Å². The minimum absolute atomic E-state index is 0.0432. The molecule has 0 aliphatic heterocycles. The number of benzene rings is 2. The van der Waals surface area contributed by atoms with Gasteiger partial charge in [0.15, 0.2) is 17.3 Å². The molecule has 1 N–H and O–H groups in total. The molecule has 112 valence electrons. The Labute approximate surface area is 128 Å². The number of carbonyl (C=O) groups excluding carboxylic acids is 1. The van der Waals surface area contributed by atoms with Gasteiger partial charge in [0, 0.05) is 17.6 Å². The van der Waals surface area contributed by atoms with E-state index in [1.165, 1.54) is 14.2 Å². The fraction of sp³-hybridized carbons (Fsp3) is 0.167. The minimum atomic E-state index is -0.0480. The van der Waals surface area contributed by atoms with Crippen molar-refractivity contribution in [1.29, 1.82) is 0 Å². The summed E-state index contributed by atoms with van der Waals surface area (Å²) >= 11 is 0. The molecule has 0 saturated heterocycles. The molecule has 4 nitrogen and oxygen atoms in total. The number of hydrogen-bond donors (Lipinski definition) is 1. The fourth-order valence-electron chi connectivity index (χ4n) is 2.67.